The van der Waals surface area contributed by atoms with Crippen LogP contribution in [-0.4, -0.2) is 18.9 Å². The minimum Gasteiger partial charge on any atom is -0.495 e. The van der Waals surface area contributed by atoms with Gasteiger partial charge in [-0.2, -0.15) is 0 Å². The highest BCUT2D eigenvalue weighted by Crippen LogP contribution is 2.22. The molecule has 0 aliphatic heterocycles. The van der Waals surface area contributed by atoms with Gasteiger partial charge in [0.15, 0.2) is 0 Å². The van der Waals surface area contributed by atoms with Crippen LogP contribution in [0.4, 0.5) is 22.7 Å². The predicted octanol–water partition coefficient (Wildman–Crippen LogP) is 5.45. The van der Waals surface area contributed by atoms with Crippen LogP contribution < -0.4 is 26.2 Å². The van der Waals surface area contributed by atoms with Crippen LogP contribution >= 0.6 is 0 Å². The van der Waals surface area contributed by atoms with E-state index in [1.165, 1.54) is 0 Å². The summed E-state index contributed by atoms with van der Waals surface area (Å²) in [6.45, 7) is 0. The Morgan fingerprint density at radius 3 is 1.85 bits per heavy atom. The monoisotopic (exact) mass is 452 g/mol. The Morgan fingerprint density at radius 1 is 0.618 bits per heavy atom. The van der Waals surface area contributed by atoms with Crippen molar-refractivity contribution in [3.05, 3.63) is 114 Å². The van der Waals surface area contributed by atoms with Crippen molar-refractivity contribution < 1.29 is 14.3 Å². The summed E-state index contributed by atoms with van der Waals surface area (Å²) < 4.78 is 5.26. The third-order valence-corrected chi connectivity index (χ3v) is 5.03. The van der Waals surface area contributed by atoms with Gasteiger partial charge in [0.25, 0.3) is 11.8 Å². The van der Waals surface area contributed by atoms with E-state index in [0.717, 1.165) is 11.4 Å². The molecule has 0 aliphatic rings. The molecule has 0 bridgehead atoms. The summed E-state index contributed by atoms with van der Waals surface area (Å²) in [7, 11) is 1.57. The average Bonchev–Trinajstić information content (AvgIpc) is 2.89. The smallest absolute Gasteiger partial charge is 0.269 e. The van der Waals surface area contributed by atoms with E-state index in [4.69, 9.17) is 4.74 Å². The molecular formula is C27H24N4O3. The van der Waals surface area contributed by atoms with E-state index in [0.29, 0.717) is 28.3 Å². The Labute approximate surface area is 197 Å². The number of para-hydroxylation sites is 2. The Morgan fingerprint density at radius 2 is 1.18 bits per heavy atom. The lowest BCUT2D eigenvalue weighted by Crippen LogP contribution is -2.29. The van der Waals surface area contributed by atoms with Crippen LogP contribution in [0.2, 0.25) is 0 Å². The van der Waals surface area contributed by atoms with E-state index in [1.54, 1.807) is 37.4 Å². The van der Waals surface area contributed by atoms with E-state index in [2.05, 4.69) is 21.5 Å². The highest BCUT2D eigenvalue weighted by Gasteiger charge is 2.08. The number of rotatable bonds is 8. The molecule has 0 atom stereocenters. The molecule has 0 aromatic heterocycles. The van der Waals surface area contributed by atoms with Gasteiger partial charge >= 0.3 is 0 Å². The molecular weight excluding hydrogens is 428 g/mol. The lowest BCUT2D eigenvalue weighted by molar-refractivity contribution is 0.0961. The summed E-state index contributed by atoms with van der Waals surface area (Å²) in [5, 5.41) is 6.15. The number of hydrogen-bond donors (Lipinski definition) is 4. The number of hydrazine groups is 1. The quantitative estimate of drug-likeness (QED) is 0.267. The van der Waals surface area contributed by atoms with Crippen LogP contribution in [0.25, 0.3) is 0 Å². The highest BCUT2D eigenvalue weighted by atomic mass is 16.5. The fraction of sp³-hybridized carbons (Fsp3) is 0.0370. The number of ether oxygens (including phenoxy) is 1. The molecule has 170 valence electrons. The van der Waals surface area contributed by atoms with Gasteiger partial charge in [0.2, 0.25) is 0 Å². The molecule has 0 heterocycles. The number of benzene rings is 4. The maximum absolute atomic E-state index is 12.4. The molecule has 0 unspecified atom stereocenters. The number of hydrogen-bond acceptors (Lipinski definition) is 5. The Kier molecular flexibility index (Phi) is 7.05. The molecule has 34 heavy (non-hydrogen) atoms. The van der Waals surface area contributed by atoms with Gasteiger partial charge < -0.3 is 15.4 Å². The second-order valence-electron chi connectivity index (χ2n) is 7.38. The first-order valence-corrected chi connectivity index (χ1v) is 10.7. The Hall–Kier alpha value is -4.78. The van der Waals surface area contributed by atoms with E-state index in [9.17, 15) is 9.59 Å². The maximum atomic E-state index is 12.4. The van der Waals surface area contributed by atoms with E-state index in [1.807, 2.05) is 72.8 Å². The van der Waals surface area contributed by atoms with Crippen LogP contribution in [0, 0.1) is 0 Å². The largest absolute Gasteiger partial charge is 0.495 e. The zero-order valence-corrected chi connectivity index (χ0v) is 18.5. The van der Waals surface area contributed by atoms with Gasteiger partial charge in [-0.1, -0.05) is 30.3 Å². The fourth-order valence-corrected chi connectivity index (χ4v) is 3.25. The van der Waals surface area contributed by atoms with E-state index in [-0.39, 0.29) is 11.8 Å². The summed E-state index contributed by atoms with van der Waals surface area (Å²) in [5.74, 6) is 0.208. The summed E-state index contributed by atoms with van der Waals surface area (Å²) in [4.78, 5) is 24.7. The lowest BCUT2D eigenvalue weighted by atomic mass is 10.2. The minimum atomic E-state index is -0.268. The van der Waals surface area contributed by atoms with Crippen LogP contribution in [0.5, 0.6) is 5.75 Å². The molecule has 4 aromatic rings. The fourth-order valence-electron chi connectivity index (χ4n) is 3.25. The molecule has 4 rings (SSSR count). The first kappa shape index (κ1) is 22.4. The molecule has 0 aliphatic carbocycles. The third-order valence-electron chi connectivity index (χ3n) is 5.03. The topological polar surface area (TPSA) is 91.5 Å². The molecule has 2 amide bonds. The summed E-state index contributed by atoms with van der Waals surface area (Å²) >= 11 is 0. The molecule has 7 nitrogen and oxygen atoms in total. The third kappa shape index (κ3) is 5.72. The zero-order valence-electron chi connectivity index (χ0n) is 18.5. The van der Waals surface area contributed by atoms with Crippen molar-refractivity contribution in [3.63, 3.8) is 0 Å². The molecule has 0 spiro atoms. The average molecular weight is 453 g/mol. The molecule has 4 aromatic carbocycles. The standard InChI is InChI=1S/C27H24N4O3/c1-34-25-10-6-5-9-24(25)30-31-27(33)20-11-13-21(14-12-20)28-22-15-17-23(18-16-22)29-26(32)19-7-3-2-4-8-19/h2-18,28,30H,1H3,(H,29,32)(H,31,33). The van der Waals surface area contributed by atoms with Gasteiger partial charge in [0.1, 0.15) is 5.75 Å². The summed E-state index contributed by atoms with van der Waals surface area (Å²) in [5.41, 5.74) is 9.71. The van der Waals surface area contributed by atoms with Crippen molar-refractivity contribution in [1.82, 2.24) is 5.43 Å². The van der Waals surface area contributed by atoms with Gasteiger partial charge in [-0.15, -0.1) is 0 Å². The van der Waals surface area contributed by atoms with Gasteiger partial charge in [-0.25, -0.2) is 0 Å². The molecule has 0 fully saturated rings. The van der Waals surface area contributed by atoms with Gasteiger partial charge in [-0.3, -0.25) is 20.4 Å². The second kappa shape index (κ2) is 10.7. The van der Waals surface area contributed by atoms with Crippen molar-refractivity contribution in [2.45, 2.75) is 0 Å². The highest BCUT2D eigenvalue weighted by molar-refractivity contribution is 6.04. The molecule has 0 saturated carbocycles. The van der Waals surface area contributed by atoms with Crippen molar-refractivity contribution >= 4 is 34.6 Å². The molecule has 7 heteroatoms. The minimum absolute atomic E-state index is 0.157. The summed E-state index contributed by atoms with van der Waals surface area (Å²) in [6.07, 6.45) is 0. The molecule has 0 radical (unpaired) electrons. The van der Waals surface area contributed by atoms with Crippen molar-refractivity contribution in [3.8, 4) is 5.75 Å². The molecule has 4 N–H and O–H groups in total. The lowest BCUT2D eigenvalue weighted by Gasteiger charge is -2.12. The maximum Gasteiger partial charge on any atom is 0.269 e. The van der Waals surface area contributed by atoms with Gasteiger partial charge in [-0.05, 0) is 72.8 Å². The Bertz CT molecular complexity index is 1260. The SMILES string of the molecule is COc1ccccc1NNC(=O)c1ccc(Nc2ccc(NC(=O)c3ccccc3)cc2)cc1. The number of carbonyl (C=O) groups excluding carboxylic acids is 2. The number of anilines is 4. The number of amides is 2. The Balaban J connectivity index is 1.31. The van der Waals surface area contributed by atoms with Gasteiger partial charge in [0.05, 0.1) is 12.8 Å². The van der Waals surface area contributed by atoms with Crippen molar-refractivity contribution in [1.29, 1.82) is 0 Å². The van der Waals surface area contributed by atoms with Crippen LogP contribution in [0.15, 0.2) is 103 Å². The molecule has 0 saturated heterocycles. The van der Waals surface area contributed by atoms with E-state index < -0.39 is 0 Å². The first-order valence-electron chi connectivity index (χ1n) is 10.7. The normalized spacial score (nSPS) is 10.1. The van der Waals surface area contributed by atoms with Crippen LogP contribution in [0.3, 0.4) is 0 Å². The zero-order chi connectivity index (χ0) is 23.8. The first-order chi connectivity index (χ1) is 16.6. The second-order valence-corrected chi connectivity index (χ2v) is 7.38. The van der Waals surface area contributed by atoms with Gasteiger partial charge in [0, 0.05) is 28.2 Å². The number of carbonyl (C=O) groups is 2. The van der Waals surface area contributed by atoms with Crippen LogP contribution in [-0.2, 0) is 0 Å². The predicted molar refractivity (Wildman–Crippen MR) is 135 cm³/mol. The number of methoxy groups -OCH3 is 1. The summed E-state index contributed by atoms with van der Waals surface area (Å²) in [6, 6.07) is 30.9. The van der Waals surface area contributed by atoms with Crippen molar-refractivity contribution in [2.24, 2.45) is 0 Å². The van der Waals surface area contributed by atoms with E-state index >= 15 is 0 Å². The van der Waals surface area contributed by atoms with Crippen molar-refractivity contribution in [2.75, 3.05) is 23.2 Å². The number of nitrogens with one attached hydrogen (secondary N) is 4. The van der Waals surface area contributed by atoms with Crippen LogP contribution in [0.1, 0.15) is 20.7 Å².